The van der Waals surface area contributed by atoms with Crippen LogP contribution in [0.1, 0.15) is 15.9 Å². The number of hydrogen-bond acceptors (Lipinski definition) is 4. The number of rotatable bonds is 6. The Morgan fingerprint density at radius 2 is 1.76 bits per heavy atom. The number of hydrogen-bond donors (Lipinski definition) is 3. The highest BCUT2D eigenvalue weighted by atomic mass is 19.3. The molecule has 0 saturated carbocycles. The molecule has 1 heterocycles. The summed E-state index contributed by atoms with van der Waals surface area (Å²) < 4.78 is 52.9. The summed E-state index contributed by atoms with van der Waals surface area (Å²) in [5.41, 5.74) is 2.97. The van der Waals surface area contributed by atoms with Gasteiger partial charge in [-0.2, -0.15) is 8.78 Å². The first kappa shape index (κ1) is 24.5. The van der Waals surface area contributed by atoms with Gasteiger partial charge in [-0.3, -0.25) is 25.2 Å². The fourth-order valence-electron chi connectivity index (χ4n) is 3.18. The van der Waals surface area contributed by atoms with Crippen molar-refractivity contribution in [3.05, 3.63) is 65.2 Å². The third kappa shape index (κ3) is 5.60. The molecule has 0 aliphatic carbocycles. The second kappa shape index (κ2) is 10.2. The molecule has 34 heavy (non-hydrogen) atoms. The number of nitrogens with one attached hydrogen (secondary N) is 2. The van der Waals surface area contributed by atoms with Crippen molar-refractivity contribution >= 4 is 29.5 Å². The molecule has 180 valence electrons. The third-order valence-electron chi connectivity index (χ3n) is 5.03. The van der Waals surface area contributed by atoms with Gasteiger partial charge in [-0.25, -0.2) is 13.6 Å². The SMILES string of the molecule is O=C(NNC(=O)C(F)F)c1ccc(CN(C(=O)C2CN(C(=O)O)C2)c2cccc(F)c2)c(F)c1. The number of amides is 4. The smallest absolute Gasteiger partial charge is 0.407 e. The average molecular weight is 482 g/mol. The van der Waals surface area contributed by atoms with E-state index < -0.39 is 47.8 Å². The lowest BCUT2D eigenvalue weighted by atomic mass is 9.98. The van der Waals surface area contributed by atoms with Gasteiger partial charge in [0.25, 0.3) is 5.91 Å². The van der Waals surface area contributed by atoms with E-state index in [0.29, 0.717) is 0 Å². The number of hydrazine groups is 1. The summed E-state index contributed by atoms with van der Waals surface area (Å²) in [5.74, 6) is -5.62. The Morgan fingerprint density at radius 3 is 2.35 bits per heavy atom. The van der Waals surface area contributed by atoms with Gasteiger partial charge in [0.1, 0.15) is 11.6 Å². The molecule has 2 aromatic rings. The van der Waals surface area contributed by atoms with Crippen LogP contribution in [0.25, 0.3) is 0 Å². The van der Waals surface area contributed by atoms with Gasteiger partial charge in [-0.15, -0.1) is 0 Å². The molecule has 0 bridgehead atoms. The largest absolute Gasteiger partial charge is 0.465 e. The number of halogens is 4. The standard InChI is InChI=1S/C21H18F4N4O5/c22-14-2-1-3-15(7-14)29(20(32)13-8-28(9-13)21(33)34)10-12-5-4-11(6-16(12)23)18(30)26-27-19(31)17(24)25/h1-7,13,17H,8-10H2,(H,26,30)(H,27,31)(H,33,34). The van der Waals surface area contributed by atoms with Gasteiger partial charge >= 0.3 is 18.4 Å². The number of carbonyl (C=O) groups excluding carboxylic acids is 3. The van der Waals surface area contributed by atoms with Crippen LogP contribution >= 0.6 is 0 Å². The molecule has 3 rings (SSSR count). The fraction of sp³-hybridized carbons (Fsp3) is 0.238. The lowest BCUT2D eigenvalue weighted by Crippen LogP contribution is -2.56. The number of anilines is 1. The second-order valence-corrected chi connectivity index (χ2v) is 7.34. The van der Waals surface area contributed by atoms with Crippen LogP contribution in [0.2, 0.25) is 0 Å². The molecule has 9 nitrogen and oxygen atoms in total. The van der Waals surface area contributed by atoms with E-state index in [1.165, 1.54) is 23.6 Å². The summed E-state index contributed by atoms with van der Waals surface area (Å²) in [5, 5.41) is 8.97. The molecule has 1 saturated heterocycles. The number of alkyl halides is 2. The summed E-state index contributed by atoms with van der Waals surface area (Å²) in [4.78, 5) is 48.9. The molecule has 3 N–H and O–H groups in total. The van der Waals surface area contributed by atoms with Gasteiger partial charge in [0.05, 0.1) is 12.5 Å². The summed E-state index contributed by atoms with van der Waals surface area (Å²) in [6, 6.07) is 8.10. The van der Waals surface area contributed by atoms with Gasteiger partial charge in [0, 0.05) is 29.9 Å². The van der Waals surface area contributed by atoms with Crippen LogP contribution in [0, 0.1) is 17.6 Å². The van der Waals surface area contributed by atoms with E-state index in [0.717, 1.165) is 34.1 Å². The normalized spacial score (nSPS) is 13.3. The molecule has 4 amide bonds. The van der Waals surface area contributed by atoms with Gasteiger partial charge in [-0.1, -0.05) is 12.1 Å². The zero-order valence-electron chi connectivity index (χ0n) is 17.3. The third-order valence-corrected chi connectivity index (χ3v) is 5.03. The molecular weight excluding hydrogens is 464 g/mol. The van der Waals surface area contributed by atoms with Gasteiger partial charge in [-0.05, 0) is 30.3 Å². The van der Waals surface area contributed by atoms with Crippen LogP contribution in [0.3, 0.4) is 0 Å². The Bertz CT molecular complexity index is 1120. The van der Waals surface area contributed by atoms with Crippen molar-refractivity contribution in [2.75, 3.05) is 18.0 Å². The average Bonchev–Trinajstić information content (AvgIpc) is 2.74. The van der Waals surface area contributed by atoms with E-state index in [-0.39, 0.29) is 36.4 Å². The molecular formula is C21H18F4N4O5. The predicted octanol–water partition coefficient (Wildman–Crippen LogP) is 2.13. The number of carbonyl (C=O) groups is 4. The monoisotopic (exact) mass is 482 g/mol. The second-order valence-electron chi connectivity index (χ2n) is 7.34. The van der Waals surface area contributed by atoms with Crippen molar-refractivity contribution in [1.29, 1.82) is 0 Å². The zero-order chi connectivity index (χ0) is 25.0. The molecule has 1 aliphatic heterocycles. The fourth-order valence-corrected chi connectivity index (χ4v) is 3.18. The van der Waals surface area contributed by atoms with Crippen LogP contribution in [-0.4, -0.2) is 53.3 Å². The molecule has 0 atom stereocenters. The van der Waals surface area contributed by atoms with Crippen molar-refractivity contribution in [1.82, 2.24) is 15.8 Å². The molecule has 0 aromatic heterocycles. The highest BCUT2D eigenvalue weighted by Crippen LogP contribution is 2.26. The van der Waals surface area contributed by atoms with Crippen molar-refractivity contribution in [3.8, 4) is 0 Å². The van der Waals surface area contributed by atoms with E-state index in [2.05, 4.69) is 0 Å². The zero-order valence-corrected chi connectivity index (χ0v) is 17.3. The van der Waals surface area contributed by atoms with Crippen LogP contribution in [-0.2, 0) is 16.1 Å². The molecule has 0 spiro atoms. The van der Waals surface area contributed by atoms with E-state index in [9.17, 15) is 36.7 Å². The number of benzene rings is 2. The highest BCUT2D eigenvalue weighted by molar-refractivity contribution is 5.97. The van der Waals surface area contributed by atoms with E-state index in [4.69, 9.17) is 5.11 Å². The number of carboxylic acid groups (broad SMARTS) is 1. The Balaban J connectivity index is 1.78. The molecule has 1 aliphatic rings. The lowest BCUT2D eigenvalue weighted by Gasteiger charge is -2.38. The summed E-state index contributed by atoms with van der Waals surface area (Å²) in [6.07, 6.45) is -4.55. The van der Waals surface area contributed by atoms with Crippen LogP contribution in [0.15, 0.2) is 42.5 Å². The minimum atomic E-state index is -3.36. The van der Waals surface area contributed by atoms with Crippen molar-refractivity contribution < 1.29 is 41.8 Å². The maximum absolute atomic E-state index is 14.7. The summed E-state index contributed by atoms with van der Waals surface area (Å²) >= 11 is 0. The summed E-state index contributed by atoms with van der Waals surface area (Å²) in [6.45, 7) is -0.487. The Labute approximate surface area is 189 Å². The molecule has 2 aromatic carbocycles. The molecule has 0 radical (unpaired) electrons. The minimum absolute atomic E-state index is 0.0554. The predicted molar refractivity (Wildman–Crippen MR) is 109 cm³/mol. The quantitative estimate of drug-likeness (QED) is 0.431. The number of nitrogens with zero attached hydrogens (tertiary/aromatic N) is 2. The maximum atomic E-state index is 14.7. The Kier molecular flexibility index (Phi) is 7.34. The summed E-state index contributed by atoms with van der Waals surface area (Å²) in [7, 11) is 0. The molecule has 0 unspecified atom stereocenters. The molecule has 1 fully saturated rings. The number of likely N-dealkylation sites (tertiary alicyclic amines) is 1. The molecule has 13 heteroatoms. The van der Waals surface area contributed by atoms with Crippen molar-refractivity contribution in [3.63, 3.8) is 0 Å². The Morgan fingerprint density at radius 1 is 1.06 bits per heavy atom. The van der Waals surface area contributed by atoms with Crippen molar-refractivity contribution in [2.45, 2.75) is 13.0 Å². The Hall–Kier alpha value is -4.16. The van der Waals surface area contributed by atoms with Crippen LogP contribution < -0.4 is 15.8 Å². The van der Waals surface area contributed by atoms with Crippen LogP contribution in [0.5, 0.6) is 0 Å². The van der Waals surface area contributed by atoms with Gasteiger partial charge < -0.3 is 14.9 Å². The first-order chi connectivity index (χ1) is 16.1. The first-order valence-corrected chi connectivity index (χ1v) is 9.78. The topological polar surface area (TPSA) is 119 Å². The maximum Gasteiger partial charge on any atom is 0.407 e. The lowest BCUT2D eigenvalue weighted by molar-refractivity contribution is -0.132. The van der Waals surface area contributed by atoms with E-state index >= 15 is 0 Å². The van der Waals surface area contributed by atoms with Gasteiger partial charge in [0.2, 0.25) is 5.91 Å². The minimum Gasteiger partial charge on any atom is -0.465 e. The van der Waals surface area contributed by atoms with Crippen molar-refractivity contribution in [2.24, 2.45) is 5.92 Å². The van der Waals surface area contributed by atoms with E-state index in [1.807, 2.05) is 0 Å². The van der Waals surface area contributed by atoms with Crippen LogP contribution in [0.4, 0.5) is 28.0 Å². The first-order valence-electron chi connectivity index (χ1n) is 9.78. The highest BCUT2D eigenvalue weighted by Gasteiger charge is 2.38. The van der Waals surface area contributed by atoms with E-state index in [1.54, 1.807) is 5.43 Å². The van der Waals surface area contributed by atoms with Gasteiger partial charge in [0.15, 0.2) is 0 Å².